The molecule has 16 heavy (non-hydrogen) atoms. The zero-order chi connectivity index (χ0) is 12.0. The van der Waals surface area contributed by atoms with E-state index in [0.717, 1.165) is 17.0 Å². The van der Waals surface area contributed by atoms with Crippen molar-refractivity contribution in [3.63, 3.8) is 0 Å². The van der Waals surface area contributed by atoms with Crippen LogP contribution in [0.25, 0.3) is 6.08 Å². The smallest absolute Gasteiger partial charge is 0.330 e. The van der Waals surface area contributed by atoms with Crippen LogP contribution in [0.2, 0.25) is 0 Å². The summed E-state index contributed by atoms with van der Waals surface area (Å²) in [6.45, 7) is 0. The van der Waals surface area contributed by atoms with E-state index in [1.165, 1.54) is 13.2 Å². The fraction of sp³-hybridized carbons (Fsp3) is 0.250. The number of benzene rings is 1. The van der Waals surface area contributed by atoms with Crippen LogP contribution in [0.3, 0.4) is 0 Å². The van der Waals surface area contributed by atoms with Gasteiger partial charge in [-0.05, 0) is 24.3 Å². The number of carbonyl (C=O) groups excluding carboxylic acids is 1. The number of anilines is 1. The maximum atomic E-state index is 11.0. The molecule has 0 aromatic heterocycles. The van der Waals surface area contributed by atoms with Crippen molar-refractivity contribution in [2.75, 3.05) is 26.6 Å². The predicted octanol–water partition coefficient (Wildman–Crippen LogP) is 1.92. The molecule has 0 aliphatic carbocycles. The van der Waals surface area contributed by atoms with Crippen LogP contribution in [0.4, 0.5) is 5.69 Å². The van der Waals surface area contributed by atoms with Gasteiger partial charge in [0, 0.05) is 24.4 Å². The summed E-state index contributed by atoms with van der Waals surface area (Å²) >= 11 is 0. The molecule has 0 saturated carbocycles. The van der Waals surface area contributed by atoms with Gasteiger partial charge in [0.05, 0.1) is 14.2 Å². The quantitative estimate of drug-likeness (QED) is 0.623. The Morgan fingerprint density at radius 3 is 2.69 bits per heavy atom. The Morgan fingerprint density at radius 2 is 2.12 bits per heavy atom. The standard InChI is InChI=1S/C12H15NO3/c1-13-11-6-5-10(15-2)8-9(11)4-7-12(14)16-3/h4-8,13H,1-3H3/b7-4+. The van der Waals surface area contributed by atoms with Gasteiger partial charge >= 0.3 is 5.97 Å². The van der Waals surface area contributed by atoms with Gasteiger partial charge in [-0.25, -0.2) is 4.79 Å². The first-order valence-electron chi connectivity index (χ1n) is 4.83. The molecule has 0 aliphatic rings. The first kappa shape index (κ1) is 12.1. The molecule has 4 nitrogen and oxygen atoms in total. The monoisotopic (exact) mass is 221 g/mol. The van der Waals surface area contributed by atoms with Crippen LogP contribution in [0, 0.1) is 0 Å². The molecule has 0 bridgehead atoms. The number of esters is 1. The first-order valence-corrected chi connectivity index (χ1v) is 4.83. The summed E-state index contributed by atoms with van der Waals surface area (Å²) in [6, 6.07) is 5.57. The highest BCUT2D eigenvalue weighted by Crippen LogP contribution is 2.22. The van der Waals surface area contributed by atoms with E-state index in [0.29, 0.717) is 0 Å². The van der Waals surface area contributed by atoms with Gasteiger partial charge in [0.1, 0.15) is 5.75 Å². The third-order valence-corrected chi connectivity index (χ3v) is 2.13. The second-order valence-corrected chi connectivity index (χ2v) is 3.06. The fourth-order valence-corrected chi connectivity index (χ4v) is 1.26. The molecule has 86 valence electrons. The minimum absolute atomic E-state index is 0.384. The summed E-state index contributed by atoms with van der Waals surface area (Å²) in [6.07, 6.45) is 3.05. The Hall–Kier alpha value is -1.97. The van der Waals surface area contributed by atoms with Crippen LogP contribution in [-0.4, -0.2) is 27.2 Å². The molecule has 0 unspecified atom stereocenters. The van der Waals surface area contributed by atoms with Gasteiger partial charge in [0.25, 0.3) is 0 Å². The second kappa shape index (κ2) is 5.80. The van der Waals surface area contributed by atoms with Crippen LogP contribution in [-0.2, 0) is 9.53 Å². The summed E-state index contributed by atoms with van der Waals surface area (Å²) in [5.41, 5.74) is 1.79. The molecule has 0 fully saturated rings. The lowest BCUT2D eigenvalue weighted by Crippen LogP contribution is -1.95. The summed E-state index contributed by atoms with van der Waals surface area (Å²) in [4.78, 5) is 11.0. The Bertz CT molecular complexity index is 399. The van der Waals surface area contributed by atoms with Gasteiger partial charge in [-0.2, -0.15) is 0 Å². The molecule has 0 amide bonds. The Balaban J connectivity index is 2.99. The van der Waals surface area contributed by atoms with E-state index in [9.17, 15) is 4.79 Å². The molecule has 0 atom stereocenters. The SMILES string of the molecule is CNc1ccc(OC)cc1/C=C/C(=O)OC. The number of hydrogen-bond donors (Lipinski definition) is 1. The highest BCUT2D eigenvalue weighted by molar-refractivity contribution is 5.88. The summed E-state index contributed by atoms with van der Waals surface area (Å²) in [7, 11) is 4.76. The number of nitrogens with one attached hydrogen (secondary N) is 1. The van der Waals surface area contributed by atoms with Crippen molar-refractivity contribution in [2.45, 2.75) is 0 Å². The molecule has 4 heteroatoms. The minimum atomic E-state index is -0.384. The highest BCUT2D eigenvalue weighted by Gasteiger charge is 2.01. The molecular formula is C12H15NO3. The Labute approximate surface area is 94.9 Å². The topological polar surface area (TPSA) is 47.6 Å². The van der Waals surface area contributed by atoms with Crippen molar-refractivity contribution < 1.29 is 14.3 Å². The zero-order valence-corrected chi connectivity index (χ0v) is 9.61. The van der Waals surface area contributed by atoms with E-state index in [2.05, 4.69) is 10.1 Å². The average Bonchev–Trinajstić information content (AvgIpc) is 2.35. The molecule has 0 aliphatic heterocycles. The Morgan fingerprint density at radius 1 is 1.38 bits per heavy atom. The van der Waals surface area contributed by atoms with E-state index in [-0.39, 0.29) is 5.97 Å². The van der Waals surface area contributed by atoms with Crippen LogP contribution in [0.1, 0.15) is 5.56 Å². The van der Waals surface area contributed by atoms with Crippen LogP contribution < -0.4 is 10.1 Å². The summed E-state index contributed by atoms with van der Waals surface area (Å²) < 4.78 is 9.63. The third kappa shape index (κ3) is 3.02. The van der Waals surface area contributed by atoms with Crippen molar-refractivity contribution in [3.05, 3.63) is 29.8 Å². The molecule has 1 aromatic carbocycles. The molecule has 0 radical (unpaired) electrons. The van der Waals surface area contributed by atoms with Gasteiger partial charge in [-0.3, -0.25) is 0 Å². The van der Waals surface area contributed by atoms with Crippen molar-refractivity contribution in [1.82, 2.24) is 0 Å². The second-order valence-electron chi connectivity index (χ2n) is 3.06. The van der Waals surface area contributed by atoms with Gasteiger partial charge in [-0.1, -0.05) is 0 Å². The normalized spacial score (nSPS) is 10.2. The first-order chi connectivity index (χ1) is 7.71. The van der Waals surface area contributed by atoms with E-state index in [4.69, 9.17) is 4.74 Å². The minimum Gasteiger partial charge on any atom is -0.497 e. The summed E-state index contributed by atoms with van der Waals surface area (Å²) in [5.74, 6) is 0.355. The Kier molecular flexibility index (Phi) is 4.39. The van der Waals surface area contributed by atoms with Gasteiger partial charge in [0.15, 0.2) is 0 Å². The zero-order valence-electron chi connectivity index (χ0n) is 9.61. The predicted molar refractivity (Wildman–Crippen MR) is 63.6 cm³/mol. The molecule has 1 rings (SSSR count). The number of hydrogen-bond acceptors (Lipinski definition) is 4. The van der Waals surface area contributed by atoms with E-state index in [1.54, 1.807) is 13.2 Å². The van der Waals surface area contributed by atoms with Crippen LogP contribution in [0.5, 0.6) is 5.75 Å². The molecular weight excluding hydrogens is 206 g/mol. The van der Waals surface area contributed by atoms with Crippen molar-refractivity contribution in [3.8, 4) is 5.75 Å². The fourth-order valence-electron chi connectivity index (χ4n) is 1.26. The van der Waals surface area contributed by atoms with Crippen LogP contribution in [0.15, 0.2) is 24.3 Å². The molecule has 0 saturated heterocycles. The number of ether oxygens (including phenoxy) is 2. The maximum Gasteiger partial charge on any atom is 0.330 e. The molecule has 0 spiro atoms. The number of methoxy groups -OCH3 is 2. The third-order valence-electron chi connectivity index (χ3n) is 2.13. The van der Waals surface area contributed by atoms with Crippen molar-refractivity contribution in [2.24, 2.45) is 0 Å². The van der Waals surface area contributed by atoms with E-state index >= 15 is 0 Å². The van der Waals surface area contributed by atoms with E-state index < -0.39 is 0 Å². The van der Waals surface area contributed by atoms with E-state index in [1.807, 2.05) is 25.2 Å². The lowest BCUT2D eigenvalue weighted by molar-refractivity contribution is -0.134. The van der Waals surface area contributed by atoms with Crippen LogP contribution >= 0.6 is 0 Å². The number of carbonyl (C=O) groups is 1. The van der Waals surface area contributed by atoms with Crippen molar-refractivity contribution >= 4 is 17.7 Å². The largest absolute Gasteiger partial charge is 0.497 e. The van der Waals surface area contributed by atoms with Gasteiger partial charge in [-0.15, -0.1) is 0 Å². The molecule has 0 heterocycles. The van der Waals surface area contributed by atoms with Gasteiger partial charge < -0.3 is 14.8 Å². The molecule has 1 aromatic rings. The van der Waals surface area contributed by atoms with Gasteiger partial charge in [0.2, 0.25) is 0 Å². The average molecular weight is 221 g/mol. The van der Waals surface area contributed by atoms with Crippen molar-refractivity contribution in [1.29, 1.82) is 0 Å². The number of rotatable bonds is 4. The highest BCUT2D eigenvalue weighted by atomic mass is 16.5. The lowest BCUT2D eigenvalue weighted by Gasteiger charge is -2.07. The summed E-state index contributed by atoms with van der Waals surface area (Å²) in [5, 5.41) is 3.03. The maximum absolute atomic E-state index is 11.0. The lowest BCUT2D eigenvalue weighted by atomic mass is 10.1. The molecule has 1 N–H and O–H groups in total.